The van der Waals surface area contributed by atoms with Crippen LogP contribution < -0.4 is 10.6 Å². The Morgan fingerprint density at radius 3 is 2.36 bits per heavy atom. The third-order valence-corrected chi connectivity index (χ3v) is 3.96. The Balaban J connectivity index is 1.66. The first-order chi connectivity index (χ1) is 11.7. The van der Waals surface area contributed by atoms with Crippen molar-refractivity contribution in [1.82, 2.24) is 20.4 Å². The minimum atomic E-state index is -4.54. The van der Waals surface area contributed by atoms with Crippen LogP contribution in [0.3, 0.4) is 0 Å². The average Bonchev–Trinajstić information content (AvgIpc) is 3.06. The van der Waals surface area contributed by atoms with Crippen LogP contribution in [0.4, 0.5) is 18.0 Å². The van der Waals surface area contributed by atoms with E-state index in [-0.39, 0.29) is 18.6 Å². The van der Waals surface area contributed by atoms with Gasteiger partial charge in [-0.3, -0.25) is 19.8 Å². The zero-order valence-electron chi connectivity index (χ0n) is 13.6. The average molecular weight is 366 g/mol. The normalized spacial score (nSPS) is 21.9. The van der Waals surface area contributed by atoms with Crippen LogP contribution in [-0.2, 0) is 14.3 Å². The second kappa shape index (κ2) is 8.48. The molecule has 2 rings (SSSR count). The fourth-order valence-corrected chi connectivity index (χ4v) is 2.70. The lowest BCUT2D eigenvalue weighted by Gasteiger charge is -2.35. The zero-order chi connectivity index (χ0) is 18.4. The van der Waals surface area contributed by atoms with E-state index in [0.717, 1.165) is 6.42 Å². The maximum Gasteiger partial charge on any atom is 0.405 e. The highest BCUT2D eigenvalue weighted by molar-refractivity contribution is 5.95. The maximum absolute atomic E-state index is 12.2. The van der Waals surface area contributed by atoms with Crippen LogP contribution in [0.2, 0.25) is 0 Å². The molecule has 8 nitrogen and oxygen atoms in total. The van der Waals surface area contributed by atoms with Crippen LogP contribution in [0.1, 0.15) is 12.8 Å². The number of rotatable bonds is 4. The van der Waals surface area contributed by atoms with Crippen LogP contribution in [0.15, 0.2) is 0 Å². The molecule has 2 saturated heterocycles. The van der Waals surface area contributed by atoms with Gasteiger partial charge in [-0.05, 0) is 12.8 Å². The Bertz CT molecular complexity index is 501. The number of urea groups is 1. The van der Waals surface area contributed by atoms with E-state index in [1.54, 1.807) is 15.1 Å². The SMILES string of the molecule is O=C(CN1CCN(C(=O)C2CCCO2)CC1)NC(=O)NCC(F)(F)F. The molecule has 0 saturated carbocycles. The molecule has 2 N–H and O–H groups in total. The number of ether oxygens (including phenoxy) is 1. The van der Waals surface area contributed by atoms with Gasteiger partial charge >= 0.3 is 12.2 Å². The Morgan fingerprint density at radius 1 is 1.12 bits per heavy atom. The third kappa shape index (κ3) is 6.50. The van der Waals surface area contributed by atoms with E-state index in [2.05, 4.69) is 0 Å². The molecular formula is C14H21F3N4O4. The minimum absolute atomic E-state index is 0.0480. The highest BCUT2D eigenvalue weighted by Crippen LogP contribution is 2.16. The summed E-state index contributed by atoms with van der Waals surface area (Å²) in [6.07, 6.45) is -3.33. The molecule has 142 valence electrons. The van der Waals surface area contributed by atoms with Crippen molar-refractivity contribution < 1.29 is 32.3 Å². The summed E-state index contributed by atoms with van der Waals surface area (Å²) in [7, 11) is 0. The zero-order valence-corrected chi connectivity index (χ0v) is 13.6. The quantitative estimate of drug-likeness (QED) is 0.713. The molecule has 2 aliphatic rings. The summed E-state index contributed by atoms with van der Waals surface area (Å²) in [5.74, 6) is -0.744. The lowest BCUT2D eigenvalue weighted by atomic mass is 10.2. The van der Waals surface area contributed by atoms with Crippen LogP contribution in [0, 0.1) is 0 Å². The highest BCUT2D eigenvalue weighted by Gasteiger charge is 2.31. The van der Waals surface area contributed by atoms with E-state index in [4.69, 9.17) is 4.74 Å². The molecule has 0 aromatic heterocycles. The predicted octanol–water partition coefficient (Wildman–Crippen LogP) is -0.302. The van der Waals surface area contributed by atoms with E-state index in [1.165, 1.54) is 0 Å². The van der Waals surface area contributed by atoms with Crippen molar-refractivity contribution in [2.45, 2.75) is 25.1 Å². The van der Waals surface area contributed by atoms with E-state index < -0.39 is 24.7 Å². The second-order valence-electron chi connectivity index (χ2n) is 5.95. The van der Waals surface area contributed by atoms with E-state index in [0.29, 0.717) is 39.2 Å². The van der Waals surface area contributed by atoms with Gasteiger partial charge in [0.05, 0.1) is 6.54 Å². The second-order valence-corrected chi connectivity index (χ2v) is 5.95. The molecule has 0 bridgehead atoms. The molecule has 1 unspecified atom stereocenters. The Labute approximate surface area is 142 Å². The van der Waals surface area contributed by atoms with E-state index in [9.17, 15) is 27.6 Å². The number of hydrogen-bond acceptors (Lipinski definition) is 5. The topological polar surface area (TPSA) is 91.0 Å². The molecule has 2 fully saturated rings. The maximum atomic E-state index is 12.2. The van der Waals surface area contributed by atoms with Crippen molar-refractivity contribution in [2.24, 2.45) is 0 Å². The number of nitrogens with zero attached hydrogens (tertiary/aromatic N) is 2. The van der Waals surface area contributed by atoms with Gasteiger partial charge in [-0.2, -0.15) is 13.2 Å². The molecule has 1 atom stereocenters. The van der Waals surface area contributed by atoms with Crippen LogP contribution >= 0.6 is 0 Å². The number of alkyl halides is 3. The van der Waals surface area contributed by atoms with Crippen molar-refractivity contribution in [3.8, 4) is 0 Å². The van der Waals surface area contributed by atoms with Crippen molar-refractivity contribution in [2.75, 3.05) is 45.9 Å². The fraction of sp³-hybridized carbons (Fsp3) is 0.786. The number of halogens is 3. The number of nitrogens with one attached hydrogen (secondary N) is 2. The third-order valence-electron chi connectivity index (χ3n) is 3.96. The van der Waals surface area contributed by atoms with Gasteiger partial charge < -0.3 is 15.0 Å². The number of piperazine rings is 1. The van der Waals surface area contributed by atoms with Gasteiger partial charge in [-0.25, -0.2) is 4.79 Å². The summed E-state index contributed by atoms with van der Waals surface area (Å²) in [4.78, 5) is 38.5. The minimum Gasteiger partial charge on any atom is -0.368 e. The lowest BCUT2D eigenvalue weighted by Crippen LogP contribution is -2.54. The first-order valence-electron chi connectivity index (χ1n) is 8.02. The molecule has 0 aromatic rings. The summed E-state index contributed by atoms with van der Waals surface area (Å²) in [5.41, 5.74) is 0. The van der Waals surface area contributed by atoms with Crippen molar-refractivity contribution in [3.05, 3.63) is 0 Å². The summed E-state index contributed by atoms with van der Waals surface area (Å²) < 4.78 is 41.2. The molecule has 11 heteroatoms. The summed E-state index contributed by atoms with van der Waals surface area (Å²) >= 11 is 0. The Hall–Kier alpha value is -1.88. The molecule has 2 heterocycles. The van der Waals surface area contributed by atoms with Gasteiger partial charge in [0.1, 0.15) is 12.6 Å². The molecular weight excluding hydrogens is 345 g/mol. The molecule has 0 spiro atoms. The van der Waals surface area contributed by atoms with Crippen LogP contribution in [0.25, 0.3) is 0 Å². The fourth-order valence-electron chi connectivity index (χ4n) is 2.70. The smallest absolute Gasteiger partial charge is 0.368 e. The van der Waals surface area contributed by atoms with Crippen molar-refractivity contribution in [3.63, 3.8) is 0 Å². The first-order valence-corrected chi connectivity index (χ1v) is 8.02. The van der Waals surface area contributed by atoms with Crippen molar-refractivity contribution in [1.29, 1.82) is 0 Å². The van der Waals surface area contributed by atoms with Gasteiger partial charge in [-0.1, -0.05) is 0 Å². The van der Waals surface area contributed by atoms with Gasteiger partial charge in [0.25, 0.3) is 5.91 Å². The van der Waals surface area contributed by atoms with Crippen molar-refractivity contribution >= 4 is 17.8 Å². The van der Waals surface area contributed by atoms with E-state index >= 15 is 0 Å². The molecule has 4 amide bonds. The summed E-state index contributed by atoms with van der Waals surface area (Å²) in [5, 5.41) is 3.41. The highest BCUT2D eigenvalue weighted by atomic mass is 19.4. The number of hydrogen-bond donors (Lipinski definition) is 2. The summed E-state index contributed by atoms with van der Waals surface area (Å²) in [6, 6.07) is -1.19. The van der Waals surface area contributed by atoms with Gasteiger partial charge in [-0.15, -0.1) is 0 Å². The number of amides is 4. The molecule has 0 aliphatic carbocycles. The number of imide groups is 1. The van der Waals surface area contributed by atoms with Gasteiger partial charge in [0.2, 0.25) is 5.91 Å². The molecule has 2 aliphatic heterocycles. The molecule has 25 heavy (non-hydrogen) atoms. The summed E-state index contributed by atoms with van der Waals surface area (Å²) in [6.45, 7) is 0.717. The molecule has 0 radical (unpaired) electrons. The standard InChI is InChI=1S/C14H21F3N4O4/c15-14(16,17)9-18-13(24)19-11(22)8-20-3-5-21(6-4-20)12(23)10-2-1-7-25-10/h10H,1-9H2,(H2,18,19,22,24). The number of carbonyl (C=O) groups excluding carboxylic acids is 3. The Kier molecular flexibility index (Phi) is 6.59. The van der Waals surface area contributed by atoms with Gasteiger partial charge in [0.15, 0.2) is 0 Å². The van der Waals surface area contributed by atoms with Crippen LogP contribution in [-0.4, -0.2) is 85.8 Å². The van der Waals surface area contributed by atoms with E-state index in [1.807, 2.05) is 5.32 Å². The Morgan fingerprint density at radius 2 is 1.80 bits per heavy atom. The number of carbonyl (C=O) groups is 3. The van der Waals surface area contributed by atoms with Crippen LogP contribution in [0.5, 0.6) is 0 Å². The lowest BCUT2D eigenvalue weighted by molar-refractivity contribution is -0.142. The predicted molar refractivity (Wildman–Crippen MR) is 79.6 cm³/mol. The molecule has 0 aromatic carbocycles. The first kappa shape index (κ1) is 19.4. The monoisotopic (exact) mass is 366 g/mol. The van der Waals surface area contributed by atoms with Gasteiger partial charge in [0, 0.05) is 32.8 Å². The largest absolute Gasteiger partial charge is 0.405 e.